The van der Waals surface area contributed by atoms with E-state index in [1.54, 1.807) is 43.9 Å². The summed E-state index contributed by atoms with van der Waals surface area (Å²) in [4.78, 5) is 53.4. The standard InChI is InChI=1S/C27H29Cl2F3N5O4/c1-26(2,3)14-37(41-24(39)27(30,31)32)20-9-10-21(33-22(20)34(4)25(37)40)35-12-17-7-6-16(35)13-36(17)23(38)18-8-5-15(28)11-19(18)29/h5,8-11,16-17H,6-7,12-14H2,1-4H3/q+2. The molecule has 3 unspecified atom stereocenters. The molecule has 14 heteroatoms. The van der Waals surface area contributed by atoms with Crippen LogP contribution < -0.4 is 4.99 Å². The average Bonchev–Trinajstić information content (AvgIpc) is 3.08. The van der Waals surface area contributed by atoms with Gasteiger partial charge in [-0.25, -0.2) is 9.63 Å². The van der Waals surface area contributed by atoms with Crippen LogP contribution in [0.3, 0.4) is 0 Å². The molecule has 4 fully saturated rings. The van der Waals surface area contributed by atoms with Gasteiger partial charge in [-0.05, 0) is 31.0 Å². The van der Waals surface area contributed by atoms with E-state index >= 15 is 0 Å². The van der Waals surface area contributed by atoms with Crippen LogP contribution in [0.25, 0.3) is 0 Å². The van der Waals surface area contributed by atoms with E-state index in [0.717, 1.165) is 17.7 Å². The van der Waals surface area contributed by atoms with Crippen molar-refractivity contribution >= 4 is 46.9 Å². The first-order valence-electron chi connectivity index (χ1n) is 13.0. The van der Waals surface area contributed by atoms with Gasteiger partial charge in [0.15, 0.2) is 0 Å². The van der Waals surface area contributed by atoms with Gasteiger partial charge < -0.3 is 4.90 Å². The fourth-order valence-electron chi connectivity index (χ4n) is 5.87. The quantitative estimate of drug-likeness (QED) is 0.459. The zero-order valence-corrected chi connectivity index (χ0v) is 24.3. The van der Waals surface area contributed by atoms with Gasteiger partial charge in [0, 0.05) is 27.2 Å². The highest BCUT2D eigenvalue weighted by Crippen LogP contribution is 2.39. The third-order valence-electron chi connectivity index (χ3n) is 7.56. The average molecular weight is 615 g/mol. The fraction of sp³-hybridized carbons (Fsp3) is 0.481. The lowest BCUT2D eigenvalue weighted by molar-refractivity contribution is -0.992. The molecule has 2 bridgehead atoms. The molecule has 0 aromatic heterocycles. The molecule has 41 heavy (non-hydrogen) atoms. The van der Waals surface area contributed by atoms with E-state index in [-0.39, 0.29) is 41.1 Å². The van der Waals surface area contributed by atoms with E-state index in [4.69, 9.17) is 28.0 Å². The van der Waals surface area contributed by atoms with Crippen LogP contribution in [0.5, 0.6) is 0 Å². The summed E-state index contributed by atoms with van der Waals surface area (Å²) < 4.78 is 38.5. The first kappa shape index (κ1) is 29.4. The van der Waals surface area contributed by atoms with Crippen molar-refractivity contribution in [1.82, 2.24) is 19.7 Å². The van der Waals surface area contributed by atoms with Crippen molar-refractivity contribution in [3.63, 3.8) is 0 Å². The van der Waals surface area contributed by atoms with Gasteiger partial charge in [-0.2, -0.15) is 22.9 Å². The van der Waals surface area contributed by atoms with Crippen LogP contribution in [0.2, 0.25) is 10.0 Å². The largest absolute Gasteiger partial charge is 0.529 e. The second-order valence-electron chi connectivity index (χ2n) is 11.8. The number of hydrogen-bond donors (Lipinski definition) is 0. The highest BCUT2D eigenvalue weighted by Gasteiger charge is 2.67. The van der Waals surface area contributed by atoms with Gasteiger partial charge in [0.2, 0.25) is 0 Å². The normalized spacial score (nSPS) is 26.0. The Hall–Kier alpha value is -3.09. The van der Waals surface area contributed by atoms with E-state index in [1.165, 1.54) is 19.2 Å². The van der Waals surface area contributed by atoms with Crippen LogP contribution in [0.4, 0.5) is 18.0 Å². The molecule has 1 aromatic rings. The van der Waals surface area contributed by atoms with Crippen molar-refractivity contribution in [2.45, 2.75) is 51.9 Å². The number of carbonyl (C=O) groups excluding carboxylic acids is 3. The van der Waals surface area contributed by atoms with Gasteiger partial charge in [0.25, 0.3) is 17.4 Å². The predicted octanol–water partition coefficient (Wildman–Crippen LogP) is 4.70. The molecule has 9 nitrogen and oxygen atoms in total. The number of quaternary nitrogens is 1. The molecule has 1 aromatic carbocycles. The van der Waals surface area contributed by atoms with Crippen LogP contribution in [-0.2, 0) is 9.63 Å². The maximum absolute atomic E-state index is 13.5. The number of amidine groups is 1. The SMILES string of the molecule is CN1C(=O)[N+](CC(C)(C)C)(OC(=O)C(F)(F)F)C2=CC=C(N3CC4CCC3CN4C(=O)c3ccc(Cl)cc3Cl)[N+]=C21. The molecule has 5 heterocycles. The third kappa shape index (κ3) is 5.21. The first-order chi connectivity index (χ1) is 19.0. The second kappa shape index (κ2) is 10.0. The lowest BCUT2D eigenvalue weighted by Crippen LogP contribution is -2.64. The number of amides is 3. The van der Waals surface area contributed by atoms with E-state index in [0.29, 0.717) is 29.5 Å². The minimum absolute atomic E-state index is 0.0464. The van der Waals surface area contributed by atoms with Gasteiger partial charge in [0.05, 0.1) is 42.8 Å². The van der Waals surface area contributed by atoms with Crippen molar-refractivity contribution in [1.29, 1.82) is 0 Å². The van der Waals surface area contributed by atoms with E-state index in [9.17, 15) is 27.6 Å². The molecular weight excluding hydrogens is 586 g/mol. The summed E-state index contributed by atoms with van der Waals surface area (Å²) in [5.74, 6) is -2.04. The molecule has 6 rings (SSSR count). The summed E-state index contributed by atoms with van der Waals surface area (Å²) in [6.07, 6.45) is -0.604. The number of hydroxylamine groups is 3. The highest BCUT2D eigenvalue weighted by molar-refractivity contribution is 6.36. The number of halogens is 5. The number of allylic oxidation sites excluding steroid dienone is 2. The Balaban J connectivity index is 1.44. The Bertz CT molecular complexity index is 1420. The molecule has 0 saturated carbocycles. The van der Waals surface area contributed by atoms with E-state index in [2.05, 4.69) is 4.99 Å². The number of urea groups is 1. The highest BCUT2D eigenvalue weighted by atomic mass is 35.5. The lowest BCUT2D eigenvalue weighted by atomic mass is 9.90. The number of benzene rings is 1. The molecule has 1 radical (unpaired) electrons. The predicted molar refractivity (Wildman–Crippen MR) is 144 cm³/mol. The zero-order valence-electron chi connectivity index (χ0n) is 22.8. The smallest absolute Gasteiger partial charge is 0.329 e. The van der Waals surface area contributed by atoms with Crippen molar-refractivity contribution in [3.05, 3.63) is 57.5 Å². The molecule has 4 saturated heterocycles. The Labute approximate surface area is 244 Å². The van der Waals surface area contributed by atoms with Crippen LogP contribution in [0, 0.1) is 5.41 Å². The maximum Gasteiger partial charge on any atom is 0.529 e. The number of hydrogen-bond acceptors (Lipinski definition) is 6. The molecule has 0 N–H and O–H groups in total. The van der Waals surface area contributed by atoms with E-state index < -0.39 is 28.2 Å². The van der Waals surface area contributed by atoms with Crippen LogP contribution in [0.15, 0.2) is 41.9 Å². The second-order valence-corrected chi connectivity index (χ2v) is 12.7. The topological polar surface area (TPSA) is 84.3 Å². The molecule has 0 spiro atoms. The number of nitrogens with zero attached hydrogens (tertiary/aromatic N) is 5. The van der Waals surface area contributed by atoms with Gasteiger partial charge in [0.1, 0.15) is 6.54 Å². The van der Waals surface area contributed by atoms with Crippen LogP contribution in [-0.4, -0.2) is 88.0 Å². The summed E-state index contributed by atoms with van der Waals surface area (Å²) in [7, 11) is 1.39. The lowest BCUT2D eigenvalue weighted by Gasteiger charge is -2.49. The molecule has 219 valence electrons. The summed E-state index contributed by atoms with van der Waals surface area (Å²) in [6, 6.07) is 3.69. The van der Waals surface area contributed by atoms with Gasteiger partial charge in [-0.3, -0.25) is 9.69 Å². The minimum atomic E-state index is -5.29. The van der Waals surface area contributed by atoms with Crippen LogP contribution in [0.1, 0.15) is 44.0 Å². The molecule has 3 amide bonds. The number of piperazine rings is 1. The van der Waals surface area contributed by atoms with Gasteiger partial charge in [-0.1, -0.05) is 49.0 Å². The number of fused-ring (bicyclic) bond motifs is 4. The summed E-state index contributed by atoms with van der Waals surface area (Å²) in [6.45, 7) is 5.85. The number of piperidine rings is 2. The summed E-state index contributed by atoms with van der Waals surface area (Å²) >= 11 is 12.3. The number of rotatable bonds is 4. The van der Waals surface area contributed by atoms with Crippen molar-refractivity contribution in [2.24, 2.45) is 5.41 Å². The monoisotopic (exact) mass is 614 g/mol. The number of carbonyl (C=O) groups is 3. The van der Waals surface area contributed by atoms with Crippen molar-refractivity contribution in [2.75, 3.05) is 26.7 Å². The van der Waals surface area contributed by atoms with E-state index in [1.807, 2.05) is 4.90 Å². The third-order valence-corrected chi connectivity index (χ3v) is 8.10. The molecule has 0 aliphatic carbocycles. The van der Waals surface area contributed by atoms with Crippen molar-refractivity contribution < 1.29 is 37.0 Å². The number of likely N-dealkylation sites (N-methyl/N-ethyl adjacent to an activating group) is 1. The fourth-order valence-corrected chi connectivity index (χ4v) is 6.35. The number of aliphatic imine (C=N–C) groups is 1. The Morgan fingerprint density at radius 1 is 1.10 bits per heavy atom. The molecule has 5 aliphatic heterocycles. The van der Waals surface area contributed by atoms with Crippen LogP contribution >= 0.6 is 23.2 Å². The van der Waals surface area contributed by atoms with Crippen molar-refractivity contribution in [3.8, 4) is 0 Å². The Kier molecular flexibility index (Phi) is 7.19. The van der Waals surface area contributed by atoms with Gasteiger partial charge in [-0.15, -0.1) is 0 Å². The minimum Gasteiger partial charge on any atom is -0.329 e. The number of alkyl halides is 3. The zero-order chi connectivity index (χ0) is 30.1. The molecular formula is C27H29Cl2F3N5O4+2. The summed E-state index contributed by atoms with van der Waals surface area (Å²) in [5.41, 5.74) is -0.282. The molecule has 5 aliphatic rings. The maximum atomic E-state index is 13.5. The first-order valence-corrected chi connectivity index (χ1v) is 13.8. The molecule has 3 atom stereocenters. The van der Waals surface area contributed by atoms with Gasteiger partial charge >= 0.3 is 24.0 Å². The Morgan fingerprint density at radius 3 is 2.37 bits per heavy atom. The Morgan fingerprint density at radius 2 is 1.78 bits per heavy atom. The summed E-state index contributed by atoms with van der Waals surface area (Å²) in [5, 5.41) is 0.708.